The monoisotopic (exact) mass is 549 g/mol. The number of fused-ring (bicyclic) bond motifs is 1. The SMILES string of the molecule is COC(=O)c1c(CNC(=O)c2ccc(Cl)c(Cl)c2)c(=O)c2ccc(C(F)(F)F)nc2n1-c1ccccc1. The van der Waals surface area contributed by atoms with Gasteiger partial charge >= 0.3 is 12.1 Å². The number of hydrogen-bond acceptors (Lipinski definition) is 5. The Labute approximate surface area is 217 Å². The molecule has 0 saturated carbocycles. The lowest BCUT2D eigenvalue weighted by Gasteiger charge is -2.19. The van der Waals surface area contributed by atoms with Crippen molar-refractivity contribution in [3.05, 3.63) is 103 Å². The van der Waals surface area contributed by atoms with Gasteiger partial charge in [-0.25, -0.2) is 9.78 Å². The molecule has 1 N–H and O–H groups in total. The average molecular weight is 550 g/mol. The van der Waals surface area contributed by atoms with Crippen molar-refractivity contribution in [2.24, 2.45) is 0 Å². The van der Waals surface area contributed by atoms with Crippen LogP contribution in [-0.4, -0.2) is 28.5 Å². The van der Waals surface area contributed by atoms with Crippen molar-refractivity contribution < 1.29 is 27.5 Å². The van der Waals surface area contributed by atoms with E-state index in [-0.39, 0.29) is 37.9 Å². The predicted molar refractivity (Wildman–Crippen MR) is 131 cm³/mol. The summed E-state index contributed by atoms with van der Waals surface area (Å²) in [6, 6.07) is 13.7. The quantitative estimate of drug-likeness (QED) is 0.335. The second kappa shape index (κ2) is 10.2. The van der Waals surface area contributed by atoms with Gasteiger partial charge in [0.25, 0.3) is 5.91 Å². The summed E-state index contributed by atoms with van der Waals surface area (Å²) in [6.45, 7) is -0.452. The average Bonchev–Trinajstić information content (AvgIpc) is 2.88. The van der Waals surface area contributed by atoms with Gasteiger partial charge < -0.3 is 10.1 Å². The molecule has 0 bridgehead atoms. The van der Waals surface area contributed by atoms with Gasteiger partial charge in [0.15, 0.2) is 5.43 Å². The fourth-order valence-electron chi connectivity index (χ4n) is 3.68. The van der Waals surface area contributed by atoms with Crippen LogP contribution in [0.2, 0.25) is 10.0 Å². The largest absolute Gasteiger partial charge is 0.464 e. The maximum absolute atomic E-state index is 13.5. The molecule has 0 atom stereocenters. The number of benzene rings is 2. The predicted octanol–water partition coefficient (Wildman–Crippen LogP) is 5.43. The van der Waals surface area contributed by atoms with Gasteiger partial charge in [-0.3, -0.25) is 14.2 Å². The highest BCUT2D eigenvalue weighted by Gasteiger charge is 2.34. The summed E-state index contributed by atoms with van der Waals surface area (Å²) < 4.78 is 46.4. The first-order valence-corrected chi connectivity index (χ1v) is 11.3. The van der Waals surface area contributed by atoms with Crippen LogP contribution in [0.15, 0.2) is 65.5 Å². The van der Waals surface area contributed by atoms with Crippen LogP contribution in [0.4, 0.5) is 13.2 Å². The maximum atomic E-state index is 13.5. The van der Waals surface area contributed by atoms with Gasteiger partial charge in [0.2, 0.25) is 0 Å². The van der Waals surface area contributed by atoms with Crippen molar-refractivity contribution in [1.29, 1.82) is 0 Å². The molecule has 2 aromatic carbocycles. The zero-order valence-corrected chi connectivity index (χ0v) is 20.4. The number of nitrogens with one attached hydrogen (secondary N) is 1. The lowest BCUT2D eigenvalue weighted by molar-refractivity contribution is -0.141. The highest BCUT2D eigenvalue weighted by atomic mass is 35.5. The molecule has 190 valence electrons. The highest BCUT2D eigenvalue weighted by molar-refractivity contribution is 6.42. The molecule has 0 unspecified atom stereocenters. The van der Waals surface area contributed by atoms with E-state index in [0.29, 0.717) is 6.07 Å². The van der Waals surface area contributed by atoms with Gasteiger partial charge in [0, 0.05) is 17.8 Å². The third kappa shape index (κ3) is 5.16. The Hall–Kier alpha value is -3.89. The smallest absolute Gasteiger partial charge is 0.433 e. The number of carbonyl (C=O) groups excluding carboxylic acids is 2. The summed E-state index contributed by atoms with van der Waals surface area (Å²) in [4.78, 5) is 42.8. The van der Waals surface area contributed by atoms with E-state index in [1.165, 1.54) is 30.3 Å². The molecule has 0 aliphatic rings. The number of methoxy groups -OCH3 is 1. The van der Waals surface area contributed by atoms with Gasteiger partial charge in [-0.15, -0.1) is 0 Å². The van der Waals surface area contributed by atoms with Crippen LogP contribution in [0.1, 0.15) is 32.1 Å². The van der Waals surface area contributed by atoms with E-state index in [0.717, 1.165) is 17.7 Å². The number of pyridine rings is 2. The Morgan fingerprint density at radius 3 is 2.35 bits per heavy atom. The van der Waals surface area contributed by atoms with Gasteiger partial charge in [0.05, 0.1) is 28.1 Å². The molecule has 0 radical (unpaired) electrons. The zero-order valence-electron chi connectivity index (χ0n) is 18.9. The number of hydrogen-bond donors (Lipinski definition) is 1. The molecule has 7 nitrogen and oxygen atoms in total. The minimum atomic E-state index is -4.80. The topological polar surface area (TPSA) is 90.3 Å². The minimum absolute atomic E-state index is 0.133. The van der Waals surface area contributed by atoms with E-state index in [4.69, 9.17) is 27.9 Å². The molecule has 37 heavy (non-hydrogen) atoms. The van der Waals surface area contributed by atoms with Gasteiger partial charge in [0.1, 0.15) is 17.0 Å². The van der Waals surface area contributed by atoms with Crippen molar-refractivity contribution in [1.82, 2.24) is 14.9 Å². The minimum Gasteiger partial charge on any atom is -0.464 e. The summed E-state index contributed by atoms with van der Waals surface area (Å²) >= 11 is 11.9. The third-order valence-corrected chi connectivity index (χ3v) is 6.15. The van der Waals surface area contributed by atoms with Crippen molar-refractivity contribution >= 4 is 46.1 Å². The van der Waals surface area contributed by atoms with Crippen molar-refractivity contribution in [2.75, 3.05) is 7.11 Å². The Morgan fingerprint density at radius 2 is 1.73 bits per heavy atom. The summed E-state index contributed by atoms with van der Waals surface area (Å²) in [5.74, 6) is -1.65. The van der Waals surface area contributed by atoms with Crippen molar-refractivity contribution in [3.8, 4) is 5.69 Å². The molecule has 0 saturated heterocycles. The molecule has 4 aromatic rings. The molecule has 0 aliphatic carbocycles. The second-order valence-corrected chi connectivity index (χ2v) is 8.51. The van der Waals surface area contributed by atoms with E-state index in [1.54, 1.807) is 18.2 Å². The molecule has 0 fully saturated rings. The first-order valence-electron chi connectivity index (χ1n) is 10.6. The lowest BCUT2D eigenvalue weighted by Crippen LogP contribution is -2.31. The number of ether oxygens (including phenoxy) is 1. The van der Waals surface area contributed by atoms with Gasteiger partial charge in [-0.1, -0.05) is 41.4 Å². The molecule has 1 amide bonds. The first-order chi connectivity index (χ1) is 17.5. The number of alkyl halides is 3. The summed E-state index contributed by atoms with van der Waals surface area (Å²) in [5.41, 5.74) is -2.65. The maximum Gasteiger partial charge on any atom is 0.433 e. The molecule has 2 heterocycles. The van der Waals surface area contributed by atoms with Crippen molar-refractivity contribution in [2.45, 2.75) is 12.7 Å². The molecular weight excluding hydrogens is 534 g/mol. The van der Waals surface area contributed by atoms with E-state index < -0.39 is 41.4 Å². The Balaban J connectivity index is 1.95. The van der Waals surface area contributed by atoms with E-state index >= 15 is 0 Å². The number of carbonyl (C=O) groups is 2. The third-order valence-electron chi connectivity index (χ3n) is 5.41. The number of halogens is 5. The number of amides is 1. The standard InChI is InChI=1S/C25H16Cl2F3N3O4/c1-37-24(36)20-16(12-31-23(35)13-7-9-17(26)18(27)11-13)21(34)15-8-10-19(25(28,29)30)32-22(15)33(20)14-5-3-2-4-6-14/h2-11H,12H2,1H3,(H,31,35). The van der Waals surface area contributed by atoms with Crippen LogP contribution >= 0.6 is 23.2 Å². The van der Waals surface area contributed by atoms with Crippen LogP contribution in [-0.2, 0) is 17.5 Å². The molecule has 12 heteroatoms. The summed E-state index contributed by atoms with van der Waals surface area (Å²) in [6.07, 6.45) is -4.80. The lowest BCUT2D eigenvalue weighted by atomic mass is 10.1. The van der Waals surface area contributed by atoms with Crippen LogP contribution in [0.3, 0.4) is 0 Å². The Morgan fingerprint density at radius 1 is 1.03 bits per heavy atom. The van der Waals surface area contributed by atoms with E-state index in [9.17, 15) is 27.6 Å². The number of esters is 1. The molecule has 4 rings (SSSR count). The molecule has 0 spiro atoms. The van der Waals surface area contributed by atoms with Crippen LogP contribution in [0, 0.1) is 0 Å². The Kier molecular flexibility index (Phi) is 7.24. The van der Waals surface area contributed by atoms with Gasteiger partial charge in [-0.2, -0.15) is 13.2 Å². The fraction of sp³-hybridized carbons (Fsp3) is 0.120. The van der Waals surface area contributed by atoms with Crippen LogP contribution in [0.25, 0.3) is 16.7 Å². The first kappa shape index (κ1) is 26.2. The second-order valence-electron chi connectivity index (χ2n) is 7.70. The molecule has 0 aliphatic heterocycles. The van der Waals surface area contributed by atoms with Crippen LogP contribution < -0.4 is 10.7 Å². The fourth-order valence-corrected chi connectivity index (χ4v) is 3.97. The van der Waals surface area contributed by atoms with Crippen LogP contribution in [0.5, 0.6) is 0 Å². The number of aromatic nitrogens is 2. The summed E-state index contributed by atoms with van der Waals surface area (Å²) in [5, 5.41) is 2.71. The number of rotatable bonds is 5. The summed E-state index contributed by atoms with van der Waals surface area (Å²) in [7, 11) is 1.06. The van der Waals surface area contributed by atoms with E-state index in [2.05, 4.69) is 10.3 Å². The highest BCUT2D eigenvalue weighted by Crippen LogP contribution is 2.30. The van der Waals surface area contributed by atoms with E-state index in [1.807, 2.05) is 0 Å². The van der Waals surface area contributed by atoms with Crippen molar-refractivity contribution in [3.63, 3.8) is 0 Å². The molecule has 2 aromatic heterocycles. The molecular formula is C25H16Cl2F3N3O4. The Bertz CT molecular complexity index is 1590. The number of nitrogens with zero attached hydrogens (tertiary/aromatic N) is 2. The van der Waals surface area contributed by atoms with Gasteiger partial charge in [-0.05, 0) is 42.5 Å². The zero-order chi connectivity index (χ0) is 26.9. The number of para-hydroxylation sites is 1. The normalized spacial score (nSPS) is 11.4.